The maximum Gasteiger partial charge on any atom is 0.407 e. The minimum Gasteiger partial charge on any atom is -0.449 e. The molecule has 1 atom stereocenters. The van der Waals surface area contributed by atoms with Crippen LogP contribution < -0.4 is 5.32 Å². The van der Waals surface area contributed by atoms with Crippen LogP contribution in [0.3, 0.4) is 0 Å². The van der Waals surface area contributed by atoms with Gasteiger partial charge in [-0.2, -0.15) is 0 Å². The third-order valence-electron chi connectivity index (χ3n) is 6.67. The molecule has 3 rings (SSSR count). The number of rotatable bonds is 21. The Balaban J connectivity index is 1.09. The number of nitrogens with one attached hydrogen (secondary N) is 1. The van der Waals surface area contributed by atoms with Crippen molar-refractivity contribution in [2.45, 2.75) is 32.6 Å². The fourth-order valence-corrected chi connectivity index (χ4v) is 4.30. The molecule has 0 radical (unpaired) electrons. The van der Waals surface area contributed by atoms with Gasteiger partial charge in [-0.25, -0.2) is 4.79 Å². The Kier molecular flexibility index (Phi) is 14.9. The van der Waals surface area contributed by atoms with Crippen LogP contribution in [0.4, 0.5) is 4.79 Å². The van der Waals surface area contributed by atoms with Gasteiger partial charge in [0.1, 0.15) is 6.61 Å². The molecule has 1 amide bonds. The van der Waals surface area contributed by atoms with E-state index >= 15 is 0 Å². The first-order valence-corrected chi connectivity index (χ1v) is 14.2. The number of alkyl carbamates (subject to hydrolysis) is 1. The van der Waals surface area contributed by atoms with E-state index in [1.54, 1.807) is 0 Å². The van der Waals surface area contributed by atoms with Gasteiger partial charge in [-0.15, -0.1) is 0 Å². The molecule has 0 fully saturated rings. The van der Waals surface area contributed by atoms with E-state index in [1.165, 1.54) is 22.3 Å². The third-order valence-corrected chi connectivity index (χ3v) is 6.67. The van der Waals surface area contributed by atoms with E-state index in [2.05, 4.69) is 43.4 Å². The first-order chi connectivity index (χ1) is 19.2. The minimum atomic E-state index is -0.402. The van der Waals surface area contributed by atoms with Gasteiger partial charge in [0.25, 0.3) is 0 Å². The summed E-state index contributed by atoms with van der Waals surface area (Å²) < 4.78 is 33.1. The molecule has 0 aromatic heterocycles. The van der Waals surface area contributed by atoms with Gasteiger partial charge in [0, 0.05) is 25.7 Å². The summed E-state index contributed by atoms with van der Waals surface area (Å²) in [5.41, 5.74) is 4.85. The Labute approximate surface area is 233 Å². The second kappa shape index (κ2) is 18.7. The second-order valence-electron chi connectivity index (χ2n) is 9.64. The van der Waals surface area contributed by atoms with Gasteiger partial charge < -0.3 is 33.7 Å². The topological polar surface area (TPSA) is 84.5 Å². The number of carbonyl (C=O) groups is 1. The molecule has 0 bridgehead atoms. The van der Waals surface area contributed by atoms with Crippen molar-refractivity contribution in [2.24, 2.45) is 5.92 Å². The lowest BCUT2D eigenvalue weighted by Crippen LogP contribution is -2.27. The molecule has 2 aromatic rings. The second-order valence-corrected chi connectivity index (χ2v) is 9.64. The average molecular weight is 544 g/mol. The Bertz CT molecular complexity index is 909. The first-order valence-electron chi connectivity index (χ1n) is 14.2. The molecule has 1 aliphatic carbocycles. The standard InChI is InChI=1S/C31H45NO7/c1-3-25(2)23-38-22-21-37-20-19-36-18-17-35-16-15-34-14-8-13-32-31(33)39-24-30-28-11-6-4-9-26(28)27-10-5-7-12-29(27)30/h4-7,9-12,25,30H,3,8,13-24H2,1-2H3,(H,32,33). The van der Waals surface area contributed by atoms with Crippen molar-refractivity contribution in [1.29, 1.82) is 0 Å². The van der Waals surface area contributed by atoms with Crippen molar-refractivity contribution < 1.29 is 33.2 Å². The van der Waals surface area contributed by atoms with Gasteiger partial charge in [-0.05, 0) is 34.6 Å². The summed E-state index contributed by atoms with van der Waals surface area (Å²) in [5, 5.41) is 2.80. The van der Waals surface area contributed by atoms with Gasteiger partial charge in [0.2, 0.25) is 0 Å². The molecule has 2 aromatic carbocycles. The summed E-state index contributed by atoms with van der Waals surface area (Å²) in [6.45, 7) is 10.9. The van der Waals surface area contributed by atoms with E-state index in [9.17, 15) is 4.79 Å². The third kappa shape index (κ3) is 11.3. The lowest BCUT2D eigenvalue weighted by atomic mass is 9.98. The Hall–Kier alpha value is -2.49. The highest BCUT2D eigenvalue weighted by atomic mass is 16.6. The highest BCUT2D eigenvalue weighted by Crippen LogP contribution is 2.44. The average Bonchev–Trinajstić information content (AvgIpc) is 3.28. The summed E-state index contributed by atoms with van der Waals surface area (Å²) in [5.74, 6) is 0.659. The highest BCUT2D eigenvalue weighted by molar-refractivity contribution is 5.79. The number of amides is 1. The van der Waals surface area contributed by atoms with Crippen molar-refractivity contribution in [3.63, 3.8) is 0 Å². The highest BCUT2D eigenvalue weighted by Gasteiger charge is 2.28. The van der Waals surface area contributed by atoms with Gasteiger partial charge >= 0.3 is 6.09 Å². The van der Waals surface area contributed by atoms with Crippen LogP contribution in [0.25, 0.3) is 11.1 Å². The van der Waals surface area contributed by atoms with Crippen LogP contribution in [0.5, 0.6) is 0 Å². The van der Waals surface area contributed by atoms with Crippen molar-refractivity contribution >= 4 is 6.09 Å². The molecule has 0 heterocycles. The van der Waals surface area contributed by atoms with Crippen molar-refractivity contribution in [2.75, 3.05) is 79.2 Å². The maximum absolute atomic E-state index is 12.2. The zero-order valence-electron chi connectivity index (χ0n) is 23.5. The summed E-state index contributed by atoms with van der Waals surface area (Å²) in [6.07, 6.45) is 1.43. The molecule has 0 saturated carbocycles. The number of benzene rings is 2. The zero-order chi connectivity index (χ0) is 27.5. The van der Waals surface area contributed by atoms with Crippen LogP contribution in [0, 0.1) is 5.92 Å². The van der Waals surface area contributed by atoms with Gasteiger partial charge in [0.15, 0.2) is 0 Å². The van der Waals surface area contributed by atoms with Crippen LogP contribution in [-0.4, -0.2) is 85.3 Å². The number of fused-ring (bicyclic) bond motifs is 3. The monoisotopic (exact) mass is 543 g/mol. The molecular weight excluding hydrogens is 498 g/mol. The van der Waals surface area contributed by atoms with E-state index in [0.29, 0.717) is 85.0 Å². The fraction of sp³-hybridized carbons (Fsp3) is 0.581. The number of hydrogen-bond acceptors (Lipinski definition) is 7. The number of carbonyl (C=O) groups excluding carboxylic acids is 1. The largest absolute Gasteiger partial charge is 0.449 e. The van der Waals surface area contributed by atoms with Crippen LogP contribution in [0.2, 0.25) is 0 Å². The molecule has 8 heteroatoms. The molecule has 8 nitrogen and oxygen atoms in total. The first kappa shape index (κ1) is 31.0. The maximum atomic E-state index is 12.2. The molecule has 1 aliphatic rings. The summed E-state index contributed by atoms with van der Waals surface area (Å²) in [7, 11) is 0. The predicted octanol–water partition coefficient (Wildman–Crippen LogP) is 5.04. The molecule has 39 heavy (non-hydrogen) atoms. The van der Waals surface area contributed by atoms with E-state index in [1.807, 2.05) is 24.3 Å². The molecular formula is C31H45NO7. The van der Waals surface area contributed by atoms with Crippen molar-refractivity contribution in [3.05, 3.63) is 59.7 Å². The Morgan fingerprint density at radius 2 is 1.23 bits per heavy atom. The lowest BCUT2D eigenvalue weighted by Gasteiger charge is -2.14. The van der Waals surface area contributed by atoms with Gasteiger partial charge in [-0.1, -0.05) is 68.8 Å². The summed E-state index contributed by atoms with van der Waals surface area (Å²) in [6, 6.07) is 16.6. The molecule has 0 saturated heterocycles. The quantitative estimate of drug-likeness (QED) is 0.221. The van der Waals surface area contributed by atoms with Crippen molar-refractivity contribution in [3.8, 4) is 11.1 Å². The fourth-order valence-electron chi connectivity index (χ4n) is 4.30. The van der Waals surface area contributed by atoms with E-state index in [0.717, 1.165) is 13.0 Å². The lowest BCUT2D eigenvalue weighted by molar-refractivity contribution is -0.0133. The SMILES string of the molecule is CCC(C)COCCOCCOCCOCCOCCCNC(=O)OCC1c2ccccc2-c2ccccc21. The molecule has 216 valence electrons. The zero-order valence-corrected chi connectivity index (χ0v) is 23.5. The van der Waals surface area contributed by atoms with E-state index in [4.69, 9.17) is 28.4 Å². The van der Waals surface area contributed by atoms with Crippen molar-refractivity contribution in [1.82, 2.24) is 5.32 Å². The summed E-state index contributed by atoms with van der Waals surface area (Å²) in [4.78, 5) is 12.2. The van der Waals surface area contributed by atoms with Crippen LogP contribution in [-0.2, 0) is 28.4 Å². The van der Waals surface area contributed by atoms with Crippen LogP contribution >= 0.6 is 0 Å². The Morgan fingerprint density at radius 3 is 1.77 bits per heavy atom. The Morgan fingerprint density at radius 1 is 0.744 bits per heavy atom. The molecule has 0 aliphatic heterocycles. The van der Waals surface area contributed by atoms with E-state index in [-0.39, 0.29) is 5.92 Å². The minimum absolute atomic E-state index is 0.0644. The van der Waals surface area contributed by atoms with E-state index < -0.39 is 6.09 Å². The molecule has 0 spiro atoms. The summed E-state index contributed by atoms with van der Waals surface area (Å²) >= 11 is 0. The van der Waals surface area contributed by atoms with Crippen LogP contribution in [0.15, 0.2) is 48.5 Å². The van der Waals surface area contributed by atoms with Gasteiger partial charge in [0.05, 0.1) is 52.9 Å². The molecule has 1 unspecified atom stereocenters. The number of ether oxygens (including phenoxy) is 6. The molecule has 1 N–H and O–H groups in total. The predicted molar refractivity (Wildman–Crippen MR) is 151 cm³/mol. The number of hydrogen-bond donors (Lipinski definition) is 1. The normalized spacial score (nSPS) is 13.2. The van der Waals surface area contributed by atoms with Crippen LogP contribution in [0.1, 0.15) is 43.7 Å². The smallest absolute Gasteiger partial charge is 0.407 e. The van der Waals surface area contributed by atoms with Gasteiger partial charge in [-0.3, -0.25) is 0 Å².